The minimum atomic E-state index is -0.376. The number of amides is 2. The molecule has 0 spiro atoms. The van der Waals surface area contributed by atoms with Crippen molar-refractivity contribution in [3.63, 3.8) is 0 Å². The second-order valence-corrected chi connectivity index (χ2v) is 7.21. The van der Waals surface area contributed by atoms with Crippen LogP contribution in [0.15, 0.2) is 48.5 Å². The van der Waals surface area contributed by atoms with Crippen LogP contribution in [0.5, 0.6) is 11.5 Å². The van der Waals surface area contributed by atoms with Crippen molar-refractivity contribution in [2.24, 2.45) is 0 Å². The molecule has 2 amide bonds. The van der Waals surface area contributed by atoms with E-state index in [-0.39, 0.29) is 22.8 Å². The molecule has 0 saturated heterocycles. The Hall–Kier alpha value is -2.67. The van der Waals surface area contributed by atoms with Crippen LogP contribution in [0.3, 0.4) is 0 Å². The minimum Gasteiger partial charge on any atom is -0.494 e. The zero-order valence-corrected chi connectivity index (χ0v) is 17.2. The van der Waals surface area contributed by atoms with Gasteiger partial charge >= 0.3 is 0 Å². The van der Waals surface area contributed by atoms with E-state index in [2.05, 4.69) is 10.6 Å². The Balaban J connectivity index is 1.81. The van der Waals surface area contributed by atoms with Crippen molar-refractivity contribution >= 4 is 35.0 Å². The normalized spacial score (nSPS) is 11.4. The van der Waals surface area contributed by atoms with Gasteiger partial charge in [-0.05, 0) is 57.2 Å². The molecule has 2 aromatic carbocycles. The molecule has 0 bridgehead atoms. The van der Waals surface area contributed by atoms with Gasteiger partial charge in [-0.3, -0.25) is 9.59 Å². The lowest BCUT2D eigenvalue weighted by Gasteiger charge is -2.14. The molecule has 0 aliphatic heterocycles. The largest absolute Gasteiger partial charge is 0.494 e. The second-order valence-electron chi connectivity index (χ2n) is 5.88. The van der Waals surface area contributed by atoms with E-state index >= 15 is 0 Å². The van der Waals surface area contributed by atoms with Crippen LogP contribution in [0.1, 0.15) is 20.8 Å². The molecule has 0 fully saturated rings. The van der Waals surface area contributed by atoms with Crippen molar-refractivity contribution in [3.05, 3.63) is 48.5 Å². The Bertz CT molecular complexity index is 780. The lowest BCUT2D eigenvalue weighted by atomic mass is 10.3. The Morgan fingerprint density at radius 1 is 0.964 bits per heavy atom. The Kier molecular flexibility index (Phi) is 8.68. The molecule has 2 rings (SSSR count). The molecule has 0 aliphatic rings. The standard InChI is InChI=1S/C21H26N2O4S/c1-4-26-17-12-10-16(11-13-17)22-21(25)15(3)28-14-20(24)23-18-8-6-7-9-19(18)27-5-2/h6-13,15H,4-5,14H2,1-3H3,(H,22,25)(H,23,24)/t15-/m0/s1. The number of hydrogen-bond acceptors (Lipinski definition) is 5. The van der Waals surface area contributed by atoms with Crippen molar-refractivity contribution in [1.82, 2.24) is 0 Å². The summed E-state index contributed by atoms with van der Waals surface area (Å²) in [7, 11) is 0. The maximum atomic E-state index is 12.3. The SMILES string of the molecule is CCOc1ccc(NC(=O)[C@H](C)SCC(=O)Nc2ccccc2OCC)cc1. The summed E-state index contributed by atoms with van der Waals surface area (Å²) in [4.78, 5) is 24.5. The van der Waals surface area contributed by atoms with Gasteiger partial charge in [0.15, 0.2) is 0 Å². The van der Waals surface area contributed by atoms with Gasteiger partial charge in [-0.1, -0.05) is 12.1 Å². The number of benzene rings is 2. The summed E-state index contributed by atoms with van der Waals surface area (Å²) >= 11 is 1.27. The summed E-state index contributed by atoms with van der Waals surface area (Å²) < 4.78 is 10.9. The Morgan fingerprint density at radius 3 is 2.32 bits per heavy atom. The molecular formula is C21H26N2O4S. The van der Waals surface area contributed by atoms with Gasteiger partial charge in [-0.2, -0.15) is 0 Å². The van der Waals surface area contributed by atoms with Crippen LogP contribution in [-0.2, 0) is 9.59 Å². The van der Waals surface area contributed by atoms with E-state index in [1.807, 2.05) is 26.0 Å². The molecule has 2 aromatic rings. The second kappa shape index (κ2) is 11.2. The van der Waals surface area contributed by atoms with Crippen molar-refractivity contribution in [2.75, 3.05) is 29.6 Å². The first-order valence-corrected chi connectivity index (χ1v) is 10.2. The first-order chi connectivity index (χ1) is 13.5. The maximum absolute atomic E-state index is 12.3. The quantitative estimate of drug-likeness (QED) is 0.623. The lowest BCUT2D eigenvalue weighted by molar-refractivity contribution is -0.115. The molecule has 0 heterocycles. The number of para-hydroxylation sites is 2. The average molecular weight is 403 g/mol. The first kappa shape index (κ1) is 21.6. The number of anilines is 2. The van der Waals surface area contributed by atoms with E-state index in [0.717, 1.165) is 5.75 Å². The van der Waals surface area contributed by atoms with Crippen molar-refractivity contribution in [1.29, 1.82) is 0 Å². The van der Waals surface area contributed by atoms with Gasteiger partial charge in [0.1, 0.15) is 11.5 Å². The summed E-state index contributed by atoms with van der Waals surface area (Å²) in [5.74, 6) is 1.21. The van der Waals surface area contributed by atoms with Crippen molar-refractivity contribution in [3.8, 4) is 11.5 Å². The molecule has 2 N–H and O–H groups in total. The van der Waals surface area contributed by atoms with Gasteiger partial charge < -0.3 is 20.1 Å². The molecule has 6 nitrogen and oxygen atoms in total. The third-order valence-electron chi connectivity index (χ3n) is 3.73. The molecular weight excluding hydrogens is 376 g/mol. The molecule has 1 atom stereocenters. The predicted molar refractivity (Wildman–Crippen MR) is 114 cm³/mol. The molecule has 0 unspecified atom stereocenters. The van der Waals surface area contributed by atoms with Crippen LogP contribution >= 0.6 is 11.8 Å². The molecule has 28 heavy (non-hydrogen) atoms. The highest BCUT2D eigenvalue weighted by Crippen LogP contribution is 2.24. The van der Waals surface area contributed by atoms with Crippen LogP contribution in [0.2, 0.25) is 0 Å². The number of rotatable bonds is 10. The molecule has 0 radical (unpaired) electrons. The van der Waals surface area contributed by atoms with E-state index < -0.39 is 0 Å². The summed E-state index contributed by atoms with van der Waals surface area (Å²) in [5.41, 5.74) is 1.32. The molecule has 0 aromatic heterocycles. The van der Waals surface area contributed by atoms with Crippen molar-refractivity contribution < 1.29 is 19.1 Å². The number of carbonyl (C=O) groups excluding carboxylic acids is 2. The Labute approximate surface area is 170 Å². The van der Waals surface area contributed by atoms with Crippen LogP contribution in [0.4, 0.5) is 11.4 Å². The smallest absolute Gasteiger partial charge is 0.237 e. The van der Waals surface area contributed by atoms with Crippen molar-refractivity contribution in [2.45, 2.75) is 26.0 Å². The van der Waals surface area contributed by atoms with Gasteiger partial charge in [0.05, 0.1) is 29.9 Å². The third-order valence-corrected chi connectivity index (χ3v) is 4.87. The van der Waals surface area contributed by atoms with Gasteiger partial charge in [-0.25, -0.2) is 0 Å². The van der Waals surface area contributed by atoms with Crippen LogP contribution < -0.4 is 20.1 Å². The minimum absolute atomic E-state index is 0.156. The van der Waals surface area contributed by atoms with E-state index in [1.54, 1.807) is 43.3 Å². The van der Waals surface area contributed by atoms with E-state index in [0.29, 0.717) is 30.3 Å². The fraction of sp³-hybridized carbons (Fsp3) is 0.333. The van der Waals surface area contributed by atoms with Gasteiger partial charge in [0.25, 0.3) is 0 Å². The van der Waals surface area contributed by atoms with Crippen LogP contribution in [0, 0.1) is 0 Å². The zero-order valence-electron chi connectivity index (χ0n) is 16.4. The summed E-state index contributed by atoms with van der Waals surface area (Å²) in [6, 6.07) is 14.5. The predicted octanol–water partition coefficient (Wildman–Crippen LogP) is 4.18. The number of ether oxygens (including phenoxy) is 2. The van der Waals surface area contributed by atoms with Gasteiger partial charge in [0.2, 0.25) is 11.8 Å². The zero-order chi connectivity index (χ0) is 20.4. The summed E-state index contributed by atoms with van der Waals surface area (Å²) in [5, 5.41) is 5.29. The highest BCUT2D eigenvalue weighted by Gasteiger charge is 2.16. The fourth-order valence-corrected chi connectivity index (χ4v) is 3.04. The van der Waals surface area contributed by atoms with Gasteiger partial charge in [-0.15, -0.1) is 11.8 Å². The number of thioether (sulfide) groups is 1. The van der Waals surface area contributed by atoms with Gasteiger partial charge in [0, 0.05) is 5.69 Å². The first-order valence-electron chi connectivity index (χ1n) is 9.20. The summed E-state index contributed by atoms with van der Waals surface area (Å²) in [6.07, 6.45) is 0. The molecule has 150 valence electrons. The van der Waals surface area contributed by atoms with Crippen LogP contribution in [-0.4, -0.2) is 36.0 Å². The third kappa shape index (κ3) is 6.81. The van der Waals surface area contributed by atoms with E-state index in [4.69, 9.17) is 9.47 Å². The summed E-state index contributed by atoms with van der Waals surface area (Å²) in [6.45, 7) is 6.69. The monoisotopic (exact) mass is 402 g/mol. The molecule has 0 aliphatic carbocycles. The average Bonchev–Trinajstić information content (AvgIpc) is 2.69. The highest BCUT2D eigenvalue weighted by atomic mass is 32.2. The number of nitrogens with one attached hydrogen (secondary N) is 2. The highest BCUT2D eigenvalue weighted by molar-refractivity contribution is 8.01. The lowest BCUT2D eigenvalue weighted by Crippen LogP contribution is -2.25. The number of hydrogen-bond donors (Lipinski definition) is 2. The van der Waals surface area contributed by atoms with E-state index in [1.165, 1.54) is 11.8 Å². The van der Waals surface area contributed by atoms with Crippen LogP contribution in [0.25, 0.3) is 0 Å². The topological polar surface area (TPSA) is 76.7 Å². The fourth-order valence-electron chi connectivity index (χ4n) is 2.36. The maximum Gasteiger partial charge on any atom is 0.237 e. The van der Waals surface area contributed by atoms with E-state index in [9.17, 15) is 9.59 Å². The molecule has 0 saturated carbocycles. The molecule has 7 heteroatoms. The Morgan fingerprint density at radius 2 is 1.64 bits per heavy atom. The number of carbonyl (C=O) groups is 2.